The van der Waals surface area contributed by atoms with Crippen molar-refractivity contribution in [1.29, 1.82) is 0 Å². The number of aromatic hydroxyl groups is 1. The number of rotatable bonds is 5. The predicted octanol–water partition coefficient (Wildman–Crippen LogP) is 4.69. The Morgan fingerprint density at radius 2 is 1.67 bits per heavy atom. The summed E-state index contributed by atoms with van der Waals surface area (Å²) in [5, 5.41) is 21.8. The van der Waals surface area contributed by atoms with Gasteiger partial charge in [0.2, 0.25) is 0 Å². The minimum Gasteiger partial charge on any atom is -0.507 e. The Hall–Kier alpha value is -3.97. The highest BCUT2D eigenvalue weighted by Crippen LogP contribution is 2.45. The molecule has 2 N–H and O–H groups in total. The Kier molecular flexibility index (Phi) is 5.98. The summed E-state index contributed by atoms with van der Waals surface area (Å²) in [5.74, 6) is -1.35. The molecular weight excluding hydrogens is 446 g/mol. The Morgan fingerprint density at radius 3 is 2.27 bits per heavy atom. The highest BCUT2D eigenvalue weighted by Gasteiger charge is 2.47. The smallest absolute Gasteiger partial charge is 0.300 e. The van der Waals surface area contributed by atoms with Gasteiger partial charge in [-0.1, -0.05) is 35.9 Å². The Balaban J connectivity index is 1.94. The van der Waals surface area contributed by atoms with Crippen molar-refractivity contribution in [3.05, 3.63) is 88.5 Å². The lowest BCUT2D eigenvalue weighted by molar-refractivity contribution is -0.132. The summed E-state index contributed by atoms with van der Waals surface area (Å²) in [5.41, 5.74) is 0.802. The summed E-state index contributed by atoms with van der Waals surface area (Å²) in [6.07, 6.45) is 0. The molecule has 1 aliphatic rings. The highest BCUT2D eigenvalue weighted by atomic mass is 35.5. The second-order valence-electron chi connectivity index (χ2n) is 7.28. The molecule has 1 unspecified atom stereocenters. The van der Waals surface area contributed by atoms with Crippen LogP contribution in [-0.2, 0) is 9.59 Å². The van der Waals surface area contributed by atoms with Crippen molar-refractivity contribution in [2.24, 2.45) is 0 Å². The van der Waals surface area contributed by atoms with Crippen molar-refractivity contribution in [3.8, 4) is 17.2 Å². The van der Waals surface area contributed by atoms with E-state index in [1.165, 1.54) is 37.3 Å². The van der Waals surface area contributed by atoms with E-state index in [9.17, 15) is 19.8 Å². The van der Waals surface area contributed by atoms with Gasteiger partial charge in [0, 0.05) is 5.56 Å². The zero-order valence-electron chi connectivity index (χ0n) is 17.8. The average molecular weight is 466 g/mol. The summed E-state index contributed by atoms with van der Waals surface area (Å²) in [4.78, 5) is 27.5. The molecule has 0 radical (unpaired) electrons. The molecule has 4 rings (SSSR count). The quantitative estimate of drug-likeness (QED) is 0.322. The molecule has 1 atom stereocenters. The van der Waals surface area contributed by atoms with Gasteiger partial charge in [-0.25, -0.2) is 0 Å². The summed E-state index contributed by atoms with van der Waals surface area (Å²) in [6, 6.07) is 16.5. The van der Waals surface area contributed by atoms with E-state index >= 15 is 0 Å². The van der Waals surface area contributed by atoms with E-state index in [1.807, 2.05) is 0 Å². The number of aliphatic hydroxyl groups excluding tert-OH is 1. The number of phenols is 1. The molecule has 168 valence electrons. The van der Waals surface area contributed by atoms with Crippen LogP contribution in [0, 0.1) is 0 Å². The number of aliphatic hydroxyl groups is 1. The van der Waals surface area contributed by atoms with Gasteiger partial charge in [0.25, 0.3) is 11.7 Å². The molecule has 1 fully saturated rings. The maximum atomic E-state index is 13.2. The van der Waals surface area contributed by atoms with E-state index in [1.54, 1.807) is 48.5 Å². The number of ketones is 1. The maximum Gasteiger partial charge on any atom is 0.300 e. The first kappa shape index (κ1) is 22.2. The third-order valence-corrected chi connectivity index (χ3v) is 5.74. The number of hydrogen-bond donors (Lipinski definition) is 2. The SMILES string of the molecule is COc1ccc(C2/C(=C(/O)c3ccc(OC)c(Cl)c3)C(=O)C(=O)N2c2ccccc2O)cc1. The molecule has 3 aromatic rings. The van der Waals surface area contributed by atoms with E-state index in [2.05, 4.69) is 0 Å². The number of methoxy groups -OCH3 is 2. The van der Waals surface area contributed by atoms with Gasteiger partial charge in [-0.2, -0.15) is 0 Å². The molecule has 33 heavy (non-hydrogen) atoms. The van der Waals surface area contributed by atoms with Crippen LogP contribution >= 0.6 is 11.6 Å². The van der Waals surface area contributed by atoms with E-state index < -0.39 is 23.5 Å². The van der Waals surface area contributed by atoms with Crippen LogP contribution in [0.3, 0.4) is 0 Å². The fourth-order valence-electron chi connectivity index (χ4n) is 3.82. The molecular formula is C25H20ClNO6. The lowest BCUT2D eigenvalue weighted by Gasteiger charge is -2.26. The second-order valence-corrected chi connectivity index (χ2v) is 7.69. The molecule has 8 heteroatoms. The lowest BCUT2D eigenvalue weighted by Crippen LogP contribution is -2.29. The molecule has 7 nitrogen and oxygen atoms in total. The van der Waals surface area contributed by atoms with Crippen LogP contribution in [0.2, 0.25) is 5.02 Å². The third-order valence-electron chi connectivity index (χ3n) is 5.44. The molecule has 3 aromatic carbocycles. The Morgan fingerprint density at radius 1 is 0.970 bits per heavy atom. The average Bonchev–Trinajstić information content (AvgIpc) is 3.09. The largest absolute Gasteiger partial charge is 0.507 e. The number of phenolic OH excluding ortho intramolecular Hbond substituents is 1. The van der Waals surface area contributed by atoms with Gasteiger partial charge in [0.05, 0.1) is 36.5 Å². The molecule has 0 aliphatic carbocycles. The molecule has 1 saturated heterocycles. The zero-order valence-corrected chi connectivity index (χ0v) is 18.5. The van der Waals surface area contributed by atoms with Gasteiger partial charge >= 0.3 is 0 Å². The van der Waals surface area contributed by atoms with Gasteiger partial charge in [-0.05, 0) is 48.0 Å². The zero-order chi connectivity index (χ0) is 23.7. The maximum absolute atomic E-state index is 13.2. The van der Waals surface area contributed by atoms with Crippen LogP contribution in [0.1, 0.15) is 17.2 Å². The number of halogens is 1. The van der Waals surface area contributed by atoms with Crippen molar-refractivity contribution < 1.29 is 29.3 Å². The molecule has 0 bridgehead atoms. The van der Waals surface area contributed by atoms with Gasteiger partial charge in [0.15, 0.2) is 0 Å². The van der Waals surface area contributed by atoms with Gasteiger partial charge in [0.1, 0.15) is 23.0 Å². The lowest BCUT2D eigenvalue weighted by atomic mass is 9.95. The van der Waals surface area contributed by atoms with E-state index in [-0.39, 0.29) is 27.6 Å². The number of Topliss-reactive ketones (excluding diaryl/α,β-unsaturated/α-hetero) is 1. The first-order valence-electron chi connectivity index (χ1n) is 9.94. The number of para-hydroxylation sites is 2. The van der Waals surface area contributed by atoms with E-state index in [4.69, 9.17) is 21.1 Å². The van der Waals surface area contributed by atoms with Crippen LogP contribution in [0.25, 0.3) is 5.76 Å². The van der Waals surface area contributed by atoms with Crippen LogP contribution < -0.4 is 14.4 Å². The number of hydrogen-bond acceptors (Lipinski definition) is 6. The second kappa shape index (κ2) is 8.88. The third kappa shape index (κ3) is 3.87. The number of ether oxygens (including phenoxy) is 2. The predicted molar refractivity (Wildman–Crippen MR) is 124 cm³/mol. The summed E-state index contributed by atoms with van der Waals surface area (Å²) in [7, 11) is 2.98. The molecule has 0 spiro atoms. The van der Waals surface area contributed by atoms with Crippen LogP contribution in [-0.4, -0.2) is 36.1 Å². The van der Waals surface area contributed by atoms with Crippen LogP contribution in [0.15, 0.2) is 72.3 Å². The van der Waals surface area contributed by atoms with Crippen molar-refractivity contribution in [2.45, 2.75) is 6.04 Å². The summed E-state index contributed by atoms with van der Waals surface area (Å²) in [6.45, 7) is 0. The highest BCUT2D eigenvalue weighted by molar-refractivity contribution is 6.52. The van der Waals surface area contributed by atoms with Crippen molar-refractivity contribution in [1.82, 2.24) is 0 Å². The minimum absolute atomic E-state index is 0.130. The molecule has 0 saturated carbocycles. The summed E-state index contributed by atoms with van der Waals surface area (Å²) < 4.78 is 10.4. The number of anilines is 1. The number of nitrogens with zero attached hydrogens (tertiary/aromatic N) is 1. The van der Waals surface area contributed by atoms with E-state index in [0.717, 1.165) is 0 Å². The molecule has 1 amide bonds. The standard InChI is InChI=1S/C25H20ClNO6/c1-32-16-10-7-14(8-11-16)22-21(23(29)15-9-12-20(33-2)17(26)13-15)24(30)25(31)27(22)18-5-3-4-6-19(18)28/h3-13,22,28-29H,1-2H3/b23-21-. The fourth-order valence-corrected chi connectivity index (χ4v) is 4.08. The monoisotopic (exact) mass is 465 g/mol. The molecule has 1 aliphatic heterocycles. The number of amides is 1. The number of carbonyl (C=O) groups is 2. The van der Waals surface area contributed by atoms with Crippen molar-refractivity contribution in [2.75, 3.05) is 19.1 Å². The molecule has 1 heterocycles. The van der Waals surface area contributed by atoms with Gasteiger partial charge in [-0.15, -0.1) is 0 Å². The fraction of sp³-hybridized carbons (Fsp3) is 0.120. The molecule has 0 aromatic heterocycles. The van der Waals surface area contributed by atoms with E-state index in [0.29, 0.717) is 17.1 Å². The Labute approximate surface area is 195 Å². The number of carbonyl (C=O) groups excluding carboxylic acids is 2. The summed E-state index contributed by atoms with van der Waals surface area (Å²) >= 11 is 6.21. The Bertz CT molecular complexity index is 1270. The topological polar surface area (TPSA) is 96.3 Å². The van der Waals surface area contributed by atoms with Crippen LogP contribution in [0.5, 0.6) is 17.2 Å². The first-order valence-corrected chi connectivity index (χ1v) is 10.3. The minimum atomic E-state index is -0.995. The normalized spacial score (nSPS) is 17.3. The van der Waals surface area contributed by atoms with Crippen molar-refractivity contribution >= 4 is 34.7 Å². The number of benzene rings is 3. The van der Waals surface area contributed by atoms with Crippen molar-refractivity contribution in [3.63, 3.8) is 0 Å². The van der Waals surface area contributed by atoms with Gasteiger partial charge in [-0.3, -0.25) is 14.5 Å². The van der Waals surface area contributed by atoms with Crippen LogP contribution in [0.4, 0.5) is 5.69 Å². The van der Waals surface area contributed by atoms with Gasteiger partial charge < -0.3 is 19.7 Å². The first-order chi connectivity index (χ1) is 15.9.